The number of carbonyl (C=O) groups is 1. The van der Waals surface area contributed by atoms with Crippen molar-refractivity contribution in [1.29, 1.82) is 0 Å². The molecule has 0 saturated carbocycles. The molecule has 2 aliphatic carbocycles. The standard InChI is InChI=1S/C21H20N2O/c1-13(24)15-7-8-19-16(11-15)6-5-14-3-2-4-17-18-12-22-10-9-20(18)23(19)21(14)17/h3,5-6,9-10,12,15H,2,4,7-8,11H2,1H3. The summed E-state index contributed by atoms with van der Waals surface area (Å²) >= 11 is 0. The van der Waals surface area contributed by atoms with Crippen molar-refractivity contribution in [3.63, 3.8) is 0 Å². The van der Waals surface area contributed by atoms with Crippen LogP contribution >= 0.6 is 0 Å². The highest BCUT2D eigenvalue weighted by Crippen LogP contribution is 2.44. The first kappa shape index (κ1) is 14.0. The van der Waals surface area contributed by atoms with Crippen LogP contribution in [0.1, 0.15) is 43.9 Å². The minimum Gasteiger partial charge on any atom is -0.312 e. The smallest absolute Gasteiger partial charge is 0.133 e. The Kier molecular flexibility index (Phi) is 2.93. The molecule has 3 heteroatoms. The minimum atomic E-state index is 0.176. The zero-order chi connectivity index (χ0) is 16.3. The molecule has 2 aromatic rings. The number of aryl methyl sites for hydroxylation is 1. The number of fused-ring (bicyclic) bond motifs is 4. The Bertz CT molecular complexity index is 971. The highest BCUT2D eigenvalue weighted by Gasteiger charge is 2.30. The normalized spacial score (nSPS) is 22.0. The van der Waals surface area contributed by atoms with E-state index in [0.717, 1.165) is 32.1 Å². The van der Waals surface area contributed by atoms with E-state index >= 15 is 0 Å². The second-order valence-electron chi connectivity index (χ2n) is 7.11. The van der Waals surface area contributed by atoms with Gasteiger partial charge in [0.25, 0.3) is 0 Å². The summed E-state index contributed by atoms with van der Waals surface area (Å²) in [5, 5.41) is 1.29. The Hall–Kier alpha value is -2.42. The largest absolute Gasteiger partial charge is 0.312 e. The van der Waals surface area contributed by atoms with Crippen molar-refractivity contribution >= 4 is 28.0 Å². The molecule has 0 amide bonds. The van der Waals surface area contributed by atoms with E-state index in [4.69, 9.17) is 0 Å². The molecule has 3 heterocycles. The molecule has 120 valence electrons. The summed E-state index contributed by atoms with van der Waals surface area (Å²) in [6.45, 7) is 1.73. The topological polar surface area (TPSA) is 34.9 Å². The van der Waals surface area contributed by atoms with Gasteiger partial charge in [-0.1, -0.05) is 18.2 Å². The second-order valence-corrected chi connectivity index (χ2v) is 7.11. The molecule has 0 N–H and O–H groups in total. The van der Waals surface area contributed by atoms with Crippen LogP contribution in [0.3, 0.4) is 0 Å². The van der Waals surface area contributed by atoms with E-state index in [2.05, 4.69) is 33.8 Å². The number of rotatable bonds is 1. The number of hydrogen-bond donors (Lipinski definition) is 0. The molecule has 0 aromatic carbocycles. The van der Waals surface area contributed by atoms with Gasteiger partial charge in [0.15, 0.2) is 0 Å². The lowest BCUT2D eigenvalue weighted by atomic mass is 9.84. The Balaban J connectivity index is 1.81. The van der Waals surface area contributed by atoms with Gasteiger partial charge < -0.3 is 4.57 Å². The quantitative estimate of drug-likeness (QED) is 0.774. The monoisotopic (exact) mass is 316 g/mol. The maximum atomic E-state index is 11.9. The third-order valence-corrected chi connectivity index (χ3v) is 5.78. The van der Waals surface area contributed by atoms with E-state index in [1.165, 1.54) is 39.0 Å². The van der Waals surface area contributed by atoms with Crippen LogP contribution in [0.5, 0.6) is 0 Å². The number of Topliss-reactive ketones (excluding diaryl/α,β-unsaturated/α-hetero) is 1. The first-order valence-corrected chi connectivity index (χ1v) is 8.83. The fraction of sp³-hybridized carbons (Fsp3) is 0.333. The zero-order valence-corrected chi connectivity index (χ0v) is 13.9. The number of aromatic nitrogens is 2. The highest BCUT2D eigenvalue weighted by molar-refractivity contribution is 5.97. The Morgan fingerprint density at radius 3 is 3.08 bits per heavy atom. The molecule has 0 bridgehead atoms. The maximum Gasteiger partial charge on any atom is 0.133 e. The molecule has 24 heavy (non-hydrogen) atoms. The highest BCUT2D eigenvalue weighted by atomic mass is 16.1. The fourth-order valence-electron chi connectivity index (χ4n) is 4.56. The van der Waals surface area contributed by atoms with Gasteiger partial charge >= 0.3 is 0 Å². The van der Waals surface area contributed by atoms with Crippen molar-refractivity contribution in [3.8, 4) is 0 Å². The van der Waals surface area contributed by atoms with Crippen molar-refractivity contribution in [2.75, 3.05) is 0 Å². The number of nitrogens with zero attached hydrogens (tertiary/aromatic N) is 2. The van der Waals surface area contributed by atoms with Gasteiger partial charge in [-0.15, -0.1) is 0 Å². The first-order valence-electron chi connectivity index (χ1n) is 8.83. The molecular formula is C21H20N2O. The lowest BCUT2D eigenvalue weighted by Gasteiger charge is -2.26. The molecule has 3 aliphatic rings. The van der Waals surface area contributed by atoms with E-state index in [9.17, 15) is 4.79 Å². The van der Waals surface area contributed by atoms with E-state index < -0.39 is 0 Å². The molecule has 0 fully saturated rings. The van der Waals surface area contributed by atoms with Crippen molar-refractivity contribution in [3.05, 3.63) is 53.5 Å². The summed E-state index contributed by atoms with van der Waals surface area (Å²) < 4.78 is 2.46. The molecule has 0 radical (unpaired) electrons. The SMILES string of the molecule is CC(=O)C1CCC2=C(C=CC3=CCCc4c3n2c2ccncc42)C1. The fourth-order valence-corrected chi connectivity index (χ4v) is 4.56. The molecule has 0 spiro atoms. The van der Waals surface area contributed by atoms with Crippen LogP contribution in [0.4, 0.5) is 0 Å². The van der Waals surface area contributed by atoms with Crippen molar-refractivity contribution < 1.29 is 4.79 Å². The lowest BCUT2D eigenvalue weighted by molar-refractivity contribution is -0.120. The Morgan fingerprint density at radius 1 is 1.29 bits per heavy atom. The van der Waals surface area contributed by atoms with Crippen LogP contribution in [0.2, 0.25) is 0 Å². The molecule has 2 aromatic heterocycles. The number of hydrogen-bond acceptors (Lipinski definition) is 2. The van der Waals surface area contributed by atoms with Crippen LogP contribution in [0.25, 0.3) is 22.2 Å². The number of pyridine rings is 1. The Labute approximate surface area is 141 Å². The lowest BCUT2D eigenvalue weighted by Crippen LogP contribution is -2.18. The zero-order valence-electron chi connectivity index (χ0n) is 13.9. The number of carbonyl (C=O) groups excluding carboxylic acids is 1. The number of allylic oxidation sites excluding steroid dienone is 6. The summed E-state index contributed by atoms with van der Waals surface area (Å²) in [7, 11) is 0. The summed E-state index contributed by atoms with van der Waals surface area (Å²) in [4.78, 5) is 16.2. The van der Waals surface area contributed by atoms with E-state index in [0.29, 0.717) is 5.78 Å². The number of ketones is 1. The van der Waals surface area contributed by atoms with Crippen LogP contribution < -0.4 is 0 Å². The van der Waals surface area contributed by atoms with Gasteiger partial charge in [0.1, 0.15) is 5.78 Å². The van der Waals surface area contributed by atoms with Crippen molar-refractivity contribution in [2.45, 2.75) is 39.0 Å². The summed E-state index contributed by atoms with van der Waals surface area (Å²) in [6.07, 6.45) is 15.7. The maximum absolute atomic E-state index is 11.9. The van der Waals surface area contributed by atoms with Gasteiger partial charge in [-0.2, -0.15) is 0 Å². The van der Waals surface area contributed by atoms with Crippen LogP contribution in [0.15, 0.2) is 42.3 Å². The van der Waals surface area contributed by atoms with E-state index in [-0.39, 0.29) is 5.92 Å². The van der Waals surface area contributed by atoms with Crippen LogP contribution in [-0.4, -0.2) is 15.3 Å². The van der Waals surface area contributed by atoms with Crippen molar-refractivity contribution in [1.82, 2.24) is 9.55 Å². The van der Waals surface area contributed by atoms with E-state index in [1.807, 2.05) is 12.4 Å². The molecular weight excluding hydrogens is 296 g/mol. The molecule has 0 saturated heterocycles. The first-order chi connectivity index (χ1) is 11.7. The van der Waals surface area contributed by atoms with Gasteiger partial charge in [-0.05, 0) is 61.8 Å². The van der Waals surface area contributed by atoms with Gasteiger partial charge in [-0.25, -0.2) is 0 Å². The molecule has 1 aliphatic heterocycles. The van der Waals surface area contributed by atoms with E-state index in [1.54, 1.807) is 6.92 Å². The average molecular weight is 316 g/mol. The molecule has 1 atom stereocenters. The van der Waals surface area contributed by atoms with Crippen LogP contribution in [0, 0.1) is 5.92 Å². The van der Waals surface area contributed by atoms with Crippen molar-refractivity contribution in [2.24, 2.45) is 5.92 Å². The minimum absolute atomic E-state index is 0.176. The predicted octanol–water partition coefficient (Wildman–Crippen LogP) is 4.54. The average Bonchev–Trinajstić information content (AvgIpc) is 2.84. The Morgan fingerprint density at radius 2 is 2.21 bits per heavy atom. The van der Waals surface area contributed by atoms with Crippen LogP contribution in [-0.2, 0) is 11.2 Å². The van der Waals surface area contributed by atoms with Gasteiger partial charge in [0.05, 0.1) is 11.2 Å². The molecule has 5 rings (SSSR count). The summed E-state index contributed by atoms with van der Waals surface area (Å²) in [6, 6.07) is 2.14. The summed E-state index contributed by atoms with van der Waals surface area (Å²) in [5.74, 6) is 0.497. The second kappa shape index (κ2) is 5.04. The van der Waals surface area contributed by atoms with Gasteiger partial charge in [0, 0.05) is 29.4 Å². The summed E-state index contributed by atoms with van der Waals surface area (Å²) in [5.41, 5.74) is 8.08. The van der Waals surface area contributed by atoms with Gasteiger partial charge in [0.2, 0.25) is 0 Å². The third-order valence-electron chi connectivity index (χ3n) is 5.78. The predicted molar refractivity (Wildman–Crippen MR) is 96.4 cm³/mol. The van der Waals surface area contributed by atoms with Gasteiger partial charge in [-0.3, -0.25) is 9.78 Å². The third kappa shape index (κ3) is 1.84. The molecule has 3 nitrogen and oxygen atoms in total. The molecule has 1 unspecified atom stereocenters.